The first kappa shape index (κ1) is 8.33. The number of hydrogen-bond acceptors (Lipinski definition) is 4. The molecule has 1 aromatic rings. The van der Waals surface area contributed by atoms with E-state index in [0.717, 1.165) is 10.8 Å². The van der Waals surface area contributed by atoms with Gasteiger partial charge in [0.05, 0.1) is 12.4 Å². The van der Waals surface area contributed by atoms with Gasteiger partial charge >= 0.3 is 0 Å². The first-order valence-electron chi connectivity index (χ1n) is 3.27. The molecule has 1 rings (SSSR count). The molecule has 0 spiro atoms. The summed E-state index contributed by atoms with van der Waals surface area (Å²) >= 11 is 1.60. The number of hydrogen-bond donors (Lipinski definition) is 0. The van der Waals surface area contributed by atoms with E-state index in [9.17, 15) is 0 Å². The van der Waals surface area contributed by atoms with Gasteiger partial charge in [0.15, 0.2) is 0 Å². The van der Waals surface area contributed by atoms with E-state index in [2.05, 4.69) is 9.97 Å². The van der Waals surface area contributed by atoms with Crippen LogP contribution in [-0.2, 0) is 0 Å². The minimum Gasteiger partial charge on any atom is -0.361 e. The van der Waals surface area contributed by atoms with Crippen molar-refractivity contribution in [3.05, 3.63) is 12.4 Å². The molecule has 0 aliphatic carbocycles. The van der Waals surface area contributed by atoms with Gasteiger partial charge in [-0.1, -0.05) is 0 Å². The van der Waals surface area contributed by atoms with Crippen molar-refractivity contribution in [1.82, 2.24) is 9.97 Å². The van der Waals surface area contributed by atoms with Crippen molar-refractivity contribution in [2.75, 3.05) is 25.3 Å². The topological polar surface area (TPSA) is 29.0 Å². The maximum Gasteiger partial charge on any atom is 0.146 e. The minimum atomic E-state index is 0.891. The molecule has 0 aliphatic heterocycles. The molecule has 0 bridgehead atoms. The lowest BCUT2D eigenvalue weighted by Crippen LogP contribution is -2.10. The summed E-state index contributed by atoms with van der Waals surface area (Å²) in [7, 11) is 3.89. The van der Waals surface area contributed by atoms with Crippen LogP contribution < -0.4 is 4.90 Å². The maximum absolute atomic E-state index is 4.19. The second kappa shape index (κ2) is 3.57. The number of nitrogens with zero attached hydrogens (tertiary/aromatic N) is 3. The highest BCUT2D eigenvalue weighted by atomic mass is 32.2. The van der Waals surface area contributed by atoms with Gasteiger partial charge in [0.25, 0.3) is 0 Å². The summed E-state index contributed by atoms with van der Waals surface area (Å²) in [6.07, 6.45) is 5.53. The van der Waals surface area contributed by atoms with E-state index in [-0.39, 0.29) is 0 Å². The Hall–Kier alpha value is -0.770. The quantitative estimate of drug-likeness (QED) is 0.623. The van der Waals surface area contributed by atoms with Gasteiger partial charge in [0.1, 0.15) is 10.8 Å². The monoisotopic (exact) mass is 169 g/mol. The molecule has 0 aromatic carbocycles. The van der Waals surface area contributed by atoms with Gasteiger partial charge in [-0.15, -0.1) is 11.8 Å². The molecular weight excluding hydrogens is 158 g/mol. The normalized spacial score (nSPS) is 9.73. The number of rotatable bonds is 2. The van der Waals surface area contributed by atoms with Crippen molar-refractivity contribution in [2.24, 2.45) is 0 Å². The highest BCUT2D eigenvalue weighted by Gasteiger charge is 1.96. The standard InChI is InChI=1S/C7H11N3S/c1-10(2)6-4-9-7(11-3)5-8-6/h4-5H,1-3H3. The fraction of sp³-hybridized carbons (Fsp3) is 0.429. The van der Waals surface area contributed by atoms with Crippen molar-refractivity contribution in [1.29, 1.82) is 0 Å². The highest BCUT2D eigenvalue weighted by Crippen LogP contribution is 2.11. The molecule has 0 amide bonds. The Labute approximate surface area is 70.8 Å². The van der Waals surface area contributed by atoms with E-state index >= 15 is 0 Å². The van der Waals surface area contributed by atoms with Crippen LogP contribution in [0.1, 0.15) is 0 Å². The molecule has 1 aromatic heterocycles. The summed E-state index contributed by atoms with van der Waals surface area (Å²) in [5.74, 6) is 0.891. The third kappa shape index (κ3) is 2.08. The van der Waals surface area contributed by atoms with Crippen LogP contribution in [0.2, 0.25) is 0 Å². The largest absolute Gasteiger partial charge is 0.361 e. The molecule has 0 N–H and O–H groups in total. The van der Waals surface area contributed by atoms with Gasteiger partial charge in [-0.3, -0.25) is 0 Å². The average Bonchev–Trinajstić information content (AvgIpc) is 2.05. The van der Waals surface area contributed by atoms with Gasteiger partial charge < -0.3 is 4.90 Å². The van der Waals surface area contributed by atoms with E-state index in [0.29, 0.717) is 0 Å². The third-order valence-corrected chi connectivity index (χ3v) is 1.91. The summed E-state index contributed by atoms with van der Waals surface area (Å²) in [4.78, 5) is 10.3. The van der Waals surface area contributed by atoms with Crippen LogP contribution in [0.15, 0.2) is 17.4 Å². The minimum absolute atomic E-state index is 0.891. The van der Waals surface area contributed by atoms with Crippen LogP contribution in [0.3, 0.4) is 0 Å². The molecule has 4 heteroatoms. The molecule has 1 heterocycles. The lowest BCUT2D eigenvalue weighted by atomic mass is 10.6. The van der Waals surface area contributed by atoms with Crippen molar-refractivity contribution < 1.29 is 0 Å². The second-order valence-corrected chi connectivity index (χ2v) is 3.14. The molecule has 0 saturated carbocycles. The number of aromatic nitrogens is 2. The summed E-state index contributed by atoms with van der Waals surface area (Å²) < 4.78 is 0. The summed E-state index contributed by atoms with van der Waals surface area (Å²) in [6.45, 7) is 0. The smallest absolute Gasteiger partial charge is 0.146 e. The fourth-order valence-corrected chi connectivity index (χ4v) is 0.962. The zero-order valence-electron chi connectivity index (χ0n) is 6.90. The van der Waals surface area contributed by atoms with Gasteiger partial charge in [-0.2, -0.15) is 0 Å². The average molecular weight is 169 g/mol. The Kier molecular flexibility index (Phi) is 2.70. The molecule has 0 atom stereocenters. The molecule has 0 fully saturated rings. The SMILES string of the molecule is CSc1cnc(N(C)C)cn1. The van der Waals surface area contributed by atoms with E-state index in [4.69, 9.17) is 0 Å². The van der Waals surface area contributed by atoms with Crippen molar-refractivity contribution in [2.45, 2.75) is 5.03 Å². The Morgan fingerprint density at radius 3 is 2.36 bits per heavy atom. The third-order valence-electron chi connectivity index (χ3n) is 1.28. The predicted octanol–water partition coefficient (Wildman–Crippen LogP) is 1.26. The molecule has 0 radical (unpaired) electrons. The van der Waals surface area contributed by atoms with E-state index in [1.807, 2.05) is 25.3 Å². The first-order chi connectivity index (χ1) is 5.24. The zero-order valence-corrected chi connectivity index (χ0v) is 7.72. The molecule has 3 nitrogen and oxygen atoms in total. The summed E-state index contributed by atoms with van der Waals surface area (Å²) in [5.41, 5.74) is 0. The lowest BCUT2D eigenvalue weighted by molar-refractivity contribution is 0.989. The van der Waals surface area contributed by atoms with Gasteiger partial charge in [-0.25, -0.2) is 9.97 Å². The highest BCUT2D eigenvalue weighted by molar-refractivity contribution is 7.98. The number of thioether (sulfide) groups is 1. The van der Waals surface area contributed by atoms with E-state index < -0.39 is 0 Å². The van der Waals surface area contributed by atoms with E-state index in [1.165, 1.54) is 0 Å². The molecule has 0 unspecified atom stereocenters. The number of anilines is 1. The lowest BCUT2D eigenvalue weighted by Gasteiger charge is -2.09. The van der Waals surface area contributed by atoms with Crippen molar-refractivity contribution in [3.8, 4) is 0 Å². The van der Waals surface area contributed by atoms with Crippen LogP contribution in [0.4, 0.5) is 5.82 Å². The van der Waals surface area contributed by atoms with Crippen LogP contribution >= 0.6 is 11.8 Å². The van der Waals surface area contributed by atoms with E-state index in [1.54, 1.807) is 24.2 Å². The van der Waals surface area contributed by atoms with Crippen molar-refractivity contribution in [3.63, 3.8) is 0 Å². The van der Waals surface area contributed by atoms with Crippen LogP contribution in [0.25, 0.3) is 0 Å². The Balaban J connectivity index is 2.83. The fourth-order valence-electron chi connectivity index (χ4n) is 0.646. The Morgan fingerprint density at radius 2 is 2.00 bits per heavy atom. The second-order valence-electron chi connectivity index (χ2n) is 2.31. The summed E-state index contributed by atoms with van der Waals surface area (Å²) in [5, 5.41) is 0.954. The van der Waals surface area contributed by atoms with Crippen LogP contribution in [-0.4, -0.2) is 30.3 Å². The van der Waals surface area contributed by atoms with Crippen LogP contribution in [0, 0.1) is 0 Å². The molecular formula is C7H11N3S. The van der Waals surface area contributed by atoms with Gasteiger partial charge in [-0.05, 0) is 6.26 Å². The molecule has 60 valence electrons. The molecule has 0 aliphatic rings. The Morgan fingerprint density at radius 1 is 1.27 bits per heavy atom. The molecule has 0 saturated heterocycles. The van der Waals surface area contributed by atoms with Gasteiger partial charge in [0, 0.05) is 14.1 Å². The maximum atomic E-state index is 4.19. The zero-order chi connectivity index (χ0) is 8.27. The predicted molar refractivity (Wildman–Crippen MR) is 48.1 cm³/mol. The first-order valence-corrected chi connectivity index (χ1v) is 4.50. The summed E-state index contributed by atoms with van der Waals surface area (Å²) in [6, 6.07) is 0. The molecule has 11 heavy (non-hydrogen) atoms. The van der Waals surface area contributed by atoms with Crippen molar-refractivity contribution >= 4 is 17.6 Å². The van der Waals surface area contributed by atoms with Gasteiger partial charge in [0.2, 0.25) is 0 Å². The Bertz CT molecular complexity index is 220. The van der Waals surface area contributed by atoms with Crippen LogP contribution in [0.5, 0.6) is 0 Å².